The molecule has 0 bridgehead atoms. The number of β-amino-alcohol motifs (C(OH)–C–C–N with tert-alkyl or cyclic N) is 1. The van der Waals surface area contributed by atoms with E-state index in [0.717, 1.165) is 36.0 Å². The maximum absolute atomic E-state index is 9.59. The van der Waals surface area contributed by atoms with Gasteiger partial charge in [-0.15, -0.1) is 0 Å². The summed E-state index contributed by atoms with van der Waals surface area (Å²) in [5.74, 6) is 1.60. The average molecular weight is 259 g/mol. The number of anilines is 1. The van der Waals surface area contributed by atoms with E-state index in [2.05, 4.69) is 20.0 Å². The van der Waals surface area contributed by atoms with Crippen LogP contribution in [0.4, 0.5) is 5.82 Å². The van der Waals surface area contributed by atoms with Crippen molar-refractivity contribution in [2.45, 2.75) is 26.4 Å². The number of aromatic nitrogens is 4. The number of aliphatic hydroxyl groups is 1. The molecule has 0 spiro atoms. The van der Waals surface area contributed by atoms with Crippen LogP contribution in [0.15, 0.2) is 18.5 Å². The Morgan fingerprint density at radius 2 is 2.00 bits per heavy atom. The molecule has 1 fully saturated rings. The highest BCUT2D eigenvalue weighted by Crippen LogP contribution is 2.20. The second-order valence-corrected chi connectivity index (χ2v) is 4.96. The Kier molecular flexibility index (Phi) is 2.94. The summed E-state index contributed by atoms with van der Waals surface area (Å²) < 4.78 is 1.81. The summed E-state index contributed by atoms with van der Waals surface area (Å²) in [6.07, 6.45) is 2.08. The van der Waals surface area contributed by atoms with Crippen molar-refractivity contribution in [3.05, 3.63) is 29.8 Å². The van der Waals surface area contributed by atoms with Crippen LogP contribution in [0, 0.1) is 13.8 Å². The summed E-state index contributed by atoms with van der Waals surface area (Å²) in [7, 11) is 0. The Bertz CT molecular complexity index is 594. The molecule has 0 aliphatic carbocycles. The molecule has 0 radical (unpaired) electrons. The predicted octanol–water partition coefficient (Wildman–Crippen LogP) is 0.850. The van der Waals surface area contributed by atoms with Gasteiger partial charge in [0, 0.05) is 24.8 Å². The molecule has 1 N–H and O–H groups in total. The van der Waals surface area contributed by atoms with E-state index in [4.69, 9.17) is 0 Å². The van der Waals surface area contributed by atoms with Crippen molar-refractivity contribution in [3.63, 3.8) is 0 Å². The van der Waals surface area contributed by atoms with E-state index >= 15 is 0 Å². The van der Waals surface area contributed by atoms with Gasteiger partial charge in [-0.1, -0.05) is 0 Å². The fourth-order valence-corrected chi connectivity index (χ4v) is 2.44. The molecule has 0 saturated carbocycles. The third kappa shape index (κ3) is 2.31. The molecule has 0 aromatic carbocycles. The first-order chi connectivity index (χ1) is 9.13. The highest BCUT2D eigenvalue weighted by Gasteiger charge is 2.21. The van der Waals surface area contributed by atoms with Gasteiger partial charge in [0.15, 0.2) is 5.82 Å². The van der Waals surface area contributed by atoms with Crippen LogP contribution >= 0.6 is 0 Å². The van der Waals surface area contributed by atoms with E-state index in [1.54, 1.807) is 6.33 Å². The second kappa shape index (κ2) is 4.62. The highest BCUT2D eigenvalue weighted by molar-refractivity contribution is 5.44. The third-order valence-electron chi connectivity index (χ3n) is 3.35. The molecule has 0 amide bonds. The van der Waals surface area contributed by atoms with Crippen LogP contribution in [0.2, 0.25) is 0 Å². The van der Waals surface area contributed by atoms with Gasteiger partial charge in [0.05, 0.1) is 11.8 Å². The summed E-state index contributed by atoms with van der Waals surface area (Å²) in [6.45, 7) is 5.42. The van der Waals surface area contributed by atoms with Crippen LogP contribution in [0.5, 0.6) is 0 Å². The van der Waals surface area contributed by atoms with Gasteiger partial charge in [0.1, 0.15) is 12.1 Å². The number of hydrogen-bond donors (Lipinski definition) is 1. The summed E-state index contributed by atoms with van der Waals surface area (Å²) in [4.78, 5) is 10.6. The number of nitrogens with zero attached hydrogens (tertiary/aromatic N) is 5. The van der Waals surface area contributed by atoms with Gasteiger partial charge in [0.25, 0.3) is 0 Å². The van der Waals surface area contributed by atoms with Crippen LogP contribution in [-0.2, 0) is 0 Å². The number of aliphatic hydroxyl groups excluding tert-OH is 1. The predicted molar refractivity (Wildman–Crippen MR) is 71.5 cm³/mol. The van der Waals surface area contributed by atoms with Crippen LogP contribution < -0.4 is 4.90 Å². The molecule has 19 heavy (non-hydrogen) atoms. The standard InChI is InChI=1S/C13H17N5O/c1-9-5-10(2)18(16-9)13-6-12(14-8-15-13)17-4-3-11(19)7-17/h5-6,8,11,19H,3-4,7H2,1-2H3/t11-/m1/s1. The first kappa shape index (κ1) is 12.1. The van der Waals surface area contributed by atoms with Gasteiger partial charge in [-0.25, -0.2) is 14.6 Å². The second-order valence-electron chi connectivity index (χ2n) is 4.96. The van der Waals surface area contributed by atoms with Crippen molar-refractivity contribution >= 4 is 5.82 Å². The topological polar surface area (TPSA) is 67.1 Å². The Morgan fingerprint density at radius 3 is 2.63 bits per heavy atom. The van der Waals surface area contributed by atoms with Crippen LogP contribution in [-0.4, -0.2) is 44.0 Å². The van der Waals surface area contributed by atoms with Gasteiger partial charge in [-0.05, 0) is 26.3 Å². The molecule has 1 atom stereocenters. The number of rotatable bonds is 2. The van der Waals surface area contributed by atoms with E-state index in [9.17, 15) is 5.11 Å². The van der Waals surface area contributed by atoms with Crippen molar-refractivity contribution in [2.24, 2.45) is 0 Å². The lowest BCUT2D eigenvalue weighted by atomic mass is 10.3. The summed E-state index contributed by atoms with van der Waals surface area (Å²) in [5, 5.41) is 14.0. The molecule has 1 saturated heterocycles. The Hall–Kier alpha value is -1.95. The van der Waals surface area contributed by atoms with E-state index in [0.29, 0.717) is 6.54 Å². The third-order valence-corrected chi connectivity index (χ3v) is 3.35. The van der Waals surface area contributed by atoms with Crippen molar-refractivity contribution in [3.8, 4) is 5.82 Å². The average Bonchev–Trinajstić information content (AvgIpc) is 2.96. The van der Waals surface area contributed by atoms with Gasteiger partial charge in [-0.2, -0.15) is 5.10 Å². The molecule has 2 aromatic rings. The van der Waals surface area contributed by atoms with Crippen molar-refractivity contribution in [2.75, 3.05) is 18.0 Å². The molecule has 100 valence electrons. The molecule has 0 unspecified atom stereocenters. The first-order valence-electron chi connectivity index (χ1n) is 6.42. The molecule has 1 aliphatic rings. The molecular formula is C13H17N5O. The van der Waals surface area contributed by atoms with E-state index in [1.165, 1.54) is 0 Å². The lowest BCUT2D eigenvalue weighted by Gasteiger charge is -2.16. The lowest BCUT2D eigenvalue weighted by Crippen LogP contribution is -2.22. The zero-order chi connectivity index (χ0) is 13.4. The normalized spacial score (nSPS) is 19.1. The van der Waals surface area contributed by atoms with E-state index in [1.807, 2.05) is 30.7 Å². The molecule has 2 aromatic heterocycles. The maximum atomic E-state index is 9.59. The summed E-state index contributed by atoms with van der Waals surface area (Å²) in [5.41, 5.74) is 2.01. The number of aryl methyl sites for hydroxylation is 2. The van der Waals surface area contributed by atoms with Crippen LogP contribution in [0.25, 0.3) is 5.82 Å². The van der Waals surface area contributed by atoms with Crippen LogP contribution in [0.3, 0.4) is 0 Å². The van der Waals surface area contributed by atoms with Gasteiger partial charge in [0.2, 0.25) is 0 Å². The molecule has 6 heteroatoms. The zero-order valence-corrected chi connectivity index (χ0v) is 11.1. The van der Waals surface area contributed by atoms with Crippen molar-refractivity contribution in [1.29, 1.82) is 0 Å². The van der Waals surface area contributed by atoms with Gasteiger partial charge < -0.3 is 10.0 Å². The number of hydrogen-bond acceptors (Lipinski definition) is 5. The maximum Gasteiger partial charge on any atom is 0.159 e. The summed E-state index contributed by atoms with van der Waals surface area (Å²) >= 11 is 0. The minimum absolute atomic E-state index is 0.257. The SMILES string of the molecule is Cc1cc(C)n(-c2cc(N3CC[C@@H](O)C3)ncn2)n1. The Morgan fingerprint density at radius 1 is 1.21 bits per heavy atom. The fraction of sp³-hybridized carbons (Fsp3) is 0.462. The Balaban J connectivity index is 1.94. The largest absolute Gasteiger partial charge is 0.391 e. The van der Waals surface area contributed by atoms with E-state index in [-0.39, 0.29) is 6.10 Å². The van der Waals surface area contributed by atoms with Gasteiger partial charge >= 0.3 is 0 Å². The zero-order valence-electron chi connectivity index (χ0n) is 11.1. The smallest absolute Gasteiger partial charge is 0.159 e. The molecule has 3 heterocycles. The molecule has 6 nitrogen and oxygen atoms in total. The van der Waals surface area contributed by atoms with Crippen molar-refractivity contribution in [1.82, 2.24) is 19.7 Å². The van der Waals surface area contributed by atoms with Crippen molar-refractivity contribution < 1.29 is 5.11 Å². The lowest BCUT2D eigenvalue weighted by molar-refractivity contribution is 0.198. The fourth-order valence-electron chi connectivity index (χ4n) is 2.44. The molecular weight excluding hydrogens is 242 g/mol. The quantitative estimate of drug-likeness (QED) is 0.866. The minimum Gasteiger partial charge on any atom is -0.391 e. The highest BCUT2D eigenvalue weighted by atomic mass is 16.3. The Labute approximate surface area is 111 Å². The van der Waals surface area contributed by atoms with E-state index < -0.39 is 0 Å². The molecule has 1 aliphatic heterocycles. The minimum atomic E-state index is -0.257. The summed E-state index contributed by atoms with van der Waals surface area (Å²) in [6, 6.07) is 3.93. The monoisotopic (exact) mass is 259 g/mol. The van der Waals surface area contributed by atoms with Gasteiger partial charge in [-0.3, -0.25) is 0 Å². The van der Waals surface area contributed by atoms with Crippen LogP contribution in [0.1, 0.15) is 17.8 Å². The first-order valence-corrected chi connectivity index (χ1v) is 6.42. The molecule has 3 rings (SSSR count).